The topological polar surface area (TPSA) is 70.3 Å². The van der Waals surface area contributed by atoms with E-state index in [9.17, 15) is 4.79 Å². The van der Waals surface area contributed by atoms with Crippen molar-refractivity contribution in [2.24, 2.45) is 0 Å². The number of hydrogen-bond donors (Lipinski definition) is 1. The molecule has 0 saturated heterocycles. The first-order valence-corrected chi connectivity index (χ1v) is 4.81. The number of aliphatic carboxylic acids is 1. The fourth-order valence-electron chi connectivity index (χ4n) is 1.60. The molecule has 0 aliphatic carbocycles. The van der Waals surface area contributed by atoms with Gasteiger partial charge in [-0.2, -0.15) is 5.26 Å². The van der Waals surface area contributed by atoms with Crippen molar-refractivity contribution in [2.45, 2.75) is 6.42 Å². The summed E-state index contributed by atoms with van der Waals surface area (Å²) < 4.78 is 5.33. The van der Waals surface area contributed by atoms with Crippen molar-refractivity contribution >= 4 is 12.0 Å². The molecular weight excluding hydrogens is 206 g/mol. The summed E-state index contributed by atoms with van der Waals surface area (Å²) in [6.07, 6.45) is 2.19. The molecule has 4 heteroatoms. The van der Waals surface area contributed by atoms with Crippen molar-refractivity contribution in [1.29, 1.82) is 5.26 Å². The quantitative estimate of drug-likeness (QED) is 0.601. The van der Waals surface area contributed by atoms with Crippen LogP contribution in [0, 0.1) is 11.3 Å². The molecule has 0 radical (unpaired) electrons. The summed E-state index contributed by atoms with van der Waals surface area (Å²) in [5, 5.41) is 17.3. The van der Waals surface area contributed by atoms with Crippen LogP contribution in [0.5, 0.6) is 5.75 Å². The molecule has 1 heterocycles. The molecule has 0 unspecified atom stereocenters. The summed E-state index contributed by atoms with van der Waals surface area (Å²) in [5.41, 5.74) is 1.50. The van der Waals surface area contributed by atoms with Gasteiger partial charge in [0.2, 0.25) is 0 Å². The molecule has 0 amide bonds. The average molecular weight is 215 g/mol. The zero-order chi connectivity index (χ0) is 11.5. The normalized spacial score (nSPS) is 13.8. The number of fused-ring (bicyclic) bond motifs is 1. The van der Waals surface area contributed by atoms with Gasteiger partial charge in [-0.1, -0.05) is 6.07 Å². The molecule has 1 aromatic rings. The minimum Gasteiger partial charge on any atom is -0.493 e. The van der Waals surface area contributed by atoms with Gasteiger partial charge < -0.3 is 9.84 Å². The molecule has 1 aromatic carbocycles. The molecule has 1 aliphatic heterocycles. The smallest absolute Gasteiger partial charge is 0.346 e. The van der Waals surface area contributed by atoms with E-state index in [0.29, 0.717) is 12.2 Å². The van der Waals surface area contributed by atoms with Crippen LogP contribution < -0.4 is 4.74 Å². The Morgan fingerprint density at radius 2 is 2.38 bits per heavy atom. The molecule has 0 bridgehead atoms. The largest absolute Gasteiger partial charge is 0.493 e. The minimum absolute atomic E-state index is 0.265. The second kappa shape index (κ2) is 4.07. The number of ether oxygens (including phenoxy) is 1. The van der Waals surface area contributed by atoms with Gasteiger partial charge >= 0.3 is 5.97 Å². The second-order valence-corrected chi connectivity index (χ2v) is 3.44. The van der Waals surface area contributed by atoms with Crippen LogP contribution in [0.2, 0.25) is 0 Å². The highest BCUT2D eigenvalue weighted by molar-refractivity contribution is 5.96. The van der Waals surface area contributed by atoms with E-state index in [1.165, 1.54) is 6.08 Å². The molecule has 4 nitrogen and oxygen atoms in total. The standard InChI is InChI=1S/C12H9NO3/c13-7-10(12(14)15)6-8-1-2-11-9(5-8)3-4-16-11/h1-2,5-6H,3-4H2,(H,14,15)/b10-6-. The van der Waals surface area contributed by atoms with Crippen LogP contribution in [0.3, 0.4) is 0 Å². The Balaban J connectivity index is 2.36. The number of benzene rings is 1. The number of carboxylic acids is 1. The predicted molar refractivity (Wildman–Crippen MR) is 56.9 cm³/mol. The fourth-order valence-corrected chi connectivity index (χ4v) is 1.60. The summed E-state index contributed by atoms with van der Waals surface area (Å²) in [7, 11) is 0. The van der Waals surface area contributed by atoms with Crippen molar-refractivity contribution < 1.29 is 14.6 Å². The van der Waals surface area contributed by atoms with Crippen molar-refractivity contribution in [3.05, 3.63) is 34.9 Å². The molecule has 0 saturated carbocycles. The molecule has 1 aliphatic rings. The second-order valence-electron chi connectivity index (χ2n) is 3.44. The van der Waals surface area contributed by atoms with Gasteiger partial charge in [-0.25, -0.2) is 4.79 Å². The first-order chi connectivity index (χ1) is 7.70. The predicted octanol–water partition coefficient (Wildman–Crippen LogP) is 1.61. The first kappa shape index (κ1) is 10.2. The third-order valence-corrected chi connectivity index (χ3v) is 2.38. The molecule has 0 atom stereocenters. The lowest BCUT2D eigenvalue weighted by atomic mass is 10.1. The molecular formula is C12H9NO3. The van der Waals surface area contributed by atoms with Gasteiger partial charge in [0.25, 0.3) is 0 Å². The van der Waals surface area contributed by atoms with E-state index < -0.39 is 5.97 Å². The van der Waals surface area contributed by atoms with Crippen LogP contribution in [0.25, 0.3) is 6.08 Å². The van der Waals surface area contributed by atoms with Crippen molar-refractivity contribution in [2.75, 3.05) is 6.61 Å². The molecule has 2 rings (SSSR count). The maximum Gasteiger partial charge on any atom is 0.346 e. The lowest BCUT2D eigenvalue weighted by Crippen LogP contribution is -1.97. The number of hydrogen-bond acceptors (Lipinski definition) is 3. The van der Waals surface area contributed by atoms with E-state index in [-0.39, 0.29) is 5.57 Å². The van der Waals surface area contributed by atoms with Crippen LogP contribution >= 0.6 is 0 Å². The van der Waals surface area contributed by atoms with Crippen LogP contribution in [-0.4, -0.2) is 17.7 Å². The molecule has 16 heavy (non-hydrogen) atoms. The Bertz CT molecular complexity index is 511. The molecule has 0 aromatic heterocycles. The highest BCUT2D eigenvalue weighted by atomic mass is 16.5. The van der Waals surface area contributed by atoms with Gasteiger partial charge in [-0.05, 0) is 29.3 Å². The fraction of sp³-hybridized carbons (Fsp3) is 0.167. The van der Waals surface area contributed by atoms with Gasteiger partial charge in [0.1, 0.15) is 17.4 Å². The van der Waals surface area contributed by atoms with Gasteiger partial charge in [0.05, 0.1) is 6.61 Å². The summed E-state index contributed by atoms with van der Waals surface area (Å²) in [6.45, 7) is 0.659. The molecule has 0 fully saturated rings. The summed E-state index contributed by atoms with van der Waals surface area (Å²) in [5.74, 6) is -0.370. The lowest BCUT2D eigenvalue weighted by Gasteiger charge is -1.99. The van der Waals surface area contributed by atoms with Crippen LogP contribution in [0.1, 0.15) is 11.1 Å². The number of nitriles is 1. The summed E-state index contributed by atoms with van der Waals surface area (Å²) in [6, 6.07) is 7.03. The molecule has 80 valence electrons. The van der Waals surface area contributed by atoms with E-state index in [1.54, 1.807) is 18.2 Å². The molecule has 1 N–H and O–H groups in total. The Labute approximate surface area is 92.4 Å². The zero-order valence-electron chi connectivity index (χ0n) is 8.43. The maximum atomic E-state index is 10.7. The van der Waals surface area contributed by atoms with E-state index in [0.717, 1.165) is 17.7 Å². The third-order valence-electron chi connectivity index (χ3n) is 2.38. The van der Waals surface area contributed by atoms with Gasteiger partial charge in [-0.15, -0.1) is 0 Å². The third kappa shape index (κ3) is 1.89. The Kier molecular flexibility index (Phi) is 2.61. The Morgan fingerprint density at radius 3 is 3.06 bits per heavy atom. The zero-order valence-corrected chi connectivity index (χ0v) is 8.43. The van der Waals surface area contributed by atoms with Gasteiger partial charge in [0.15, 0.2) is 0 Å². The minimum atomic E-state index is -1.21. The van der Waals surface area contributed by atoms with Crippen LogP contribution in [-0.2, 0) is 11.2 Å². The first-order valence-electron chi connectivity index (χ1n) is 4.81. The van der Waals surface area contributed by atoms with Crippen LogP contribution in [0.4, 0.5) is 0 Å². The Hall–Kier alpha value is -2.28. The SMILES string of the molecule is N#C/C(=C/c1ccc2c(c1)CCO2)C(=O)O. The molecule has 0 spiro atoms. The Morgan fingerprint density at radius 1 is 1.56 bits per heavy atom. The number of nitrogens with zero attached hydrogens (tertiary/aromatic N) is 1. The van der Waals surface area contributed by atoms with E-state index >= 15 is 0 Å². The van der Waals surface area contributed by atoms with Crippen molar-refractivity contribution in [1.82, 2.24) is 0 Å². The summed E-state index contributed by atoms with van der Waals surface area (Å²) in [4.78, 5) is 10.7. The monoisotopic (exact) mass is 215 g/mol. The summed E-state index contributed by atoms with van der Waals surface area (Å²) >= 11 is 0. The number of carboxylic acid groups (broad SMARTS) is 1. The highest BCUT2D eigenvalue weighted by Crippen LogP contribution is 2.26. The van der Waals surface area contributed by atoms with E-state index in [4.69, 9.17) is 15.1 Å². The van der Waals surface area contributed by atoms with Crippen molar-refractivity contribution in [3.8, 4) is 11.8 Å². The lowest BCUT2D eigenvalue weighted by molar-refractivity contribution is -0.132. The van der Waals surface area contributed by atoms with Crippen LogP contribution in [0.15, 0.2) is 23.8 Å². The van der Waals surface area contributed by atoms with Crippen molar-refractivity contribution in [3.63, 3.8) is 0 Å². The van der Waals surface area contributed by atoms with Gasteiger partial charge in [0, 0.05) is 6.42 Å². The van der Waals surface area contributed by atoms with Gasteiger partial charge in [-0.3, -0.25) is 0 Å². The van der Waals surface area contributed by atoms with E-state index in [2.05, 4.69) is 0 Å². The average Bonchev–Trinajstić information content (AvgIpc) is 2.72. The number of carbonyl (C=O) groups is 1. The number of rotatable bonds is 2. The highest BCUT2D eigenvalue weighted by Gasteiger charge is 2.12. The van der Waals surface area contributed by atoms with E-state index in [1.807, 2.05) is 6.07 Å². The maximum absolute atomic E-state index is 10.7.